The molecule has 0 atom stereocenters. The fraction of sp³-hybridized carbons (Fsp3) is 0.111. The van der Waals surface area contributed by atoms with Gasteiger partial charge in [0.05, 0.1) is 0 Å². The minimum Gasteiger partial charge on any atom is -0.478 e. The maximum atomic E-state index is 11.0. The first-order valence-corrected chi connectivity index (χ1v) is 3.94. The lowest BCUT2D eigenvalue weighted by molar-refractivity contribution is 0.0697. The maximum absolute atomic E-state index is 11.0. The van der Waals surface area contributed by atoms with E-state index >= 15 is 0 Å². The Bertz CT molecular complexity index is 564. The lowest BCUT2D eigenvalue weighted by Crippen LogP contribution is -2.03. The van der Waals surface area contributed by atoms with Crippen molar-refractivity contribution in [3.8, 4) is 0 Å². The second-order valence-corrected chi connectivity index (χ2v) is 2.91. The van der Waals surface area contributed by atoms with E-state index in [9.17, 15) is 9.59 Å². The number of nitrogens with one attached hydrogen (secondary N) is 1. The van der Waals surface area contributed by atoms with Gasteiger partial charge in [-0.25, -0.2) is 4.79 Å². The van der Waals surface area contributed by atoms with Gasteiger partial charge in [0.15, 0.2) is 5.58 Å². The second kappa shape index (κ2) is 2.73. The van der Waals surface area contributed by atoms with E-state index in [1.165, 1.54) is 12.3 Å². The summed E-state index contributed by atoms with van der Waals surface area (Å²) in [5.41, 5.74) is 0.0754. The van der Waals surface area contributed by atoms with Gasteiger partial charge in [0, 0.05) is 17.6 Å². The van der Waals surface area contributed by atoms with E-state index in [4.69, 9.17) is 9.52 Å². The molecule has 0 saturated heterocycles. The molecule has 0 radical (unpaired) electrons. The molecule has 5 heteroatoms. The van der Waals surface area contributed by atoms with Gasteiger partial charge in [0.1, 0.15) is 11.3 Å². The summed E-state index contributed by atoms with van der Waals surface area (Å²) in [6, 6.07) is 1.22. The van der Waals surface area contributed by atoms with Gasteiger partial charge < -0.3 is 14.5 Å². The number of rotatable bonds is 1. The number of carbonyl (C=O) groups is 1. The van der Waals surface area contributed by atoms with Crippen LogP contribution in [-0.2, 0) is 0 Å². The van der Waals surface area contributed by atoms with Crippen LogP contribution in [-0.4, -0.2) is 16.1 Å². The molecule has 2 aromatic rings. The number of pyridine rings is 1. The molecule has 0 saturated carbocycles. The molecule has 0 aliphatic rings. The Kier molecular flexibility index (Phi) is 1.67. The maximum Gasteiger partial charge on any atom is 0.339 e. The number of carboxylic acid groups (broad SMARTS) is 1. The van der Waals surface area contributed by atoms with Gasteiger partial charge in [-0.05, 0) is 6.92 Å². The first-order chi connectivity index (χ1) is 6.59. The van der Waals surface area contributed by atoms with Crippen molar-refractivity contribution in [1.29, 1.82) is 0 Å². The number of carboxylic acids is 1. The molecule has 2 aromatic heterocycles. The number of aryl methyl sites for hydroxylation is 1. The van der Waals surface area contributed by atoms with Crippen LogP contribution in [0.15, 0.2) is 21.5 Å². The summed E-state index contributed by atoms with van der Waals surface area (Å²) in [6.45, 7) is 1.55. The molecule has 2 heterocycles. The minimum atomic E-state index is -1.09. The normalized spacial score (nSPS) is 10.6. The first kappa shape index (κ1) is 8.55. The van der Waals surface area contributed by atoms with Crippen molar-refractivity contribution in [2.75, 3.05) is 0 Å². The third-order valence-electron chi connectivity index (χ3n) is 1.98. The summed E-state index contributed by atoms with van der Waals surface area (Å²) in [7, 11) is 0. The van der Waals surface area contributed by atoms with Crippen LogP contribution in [0.1, 0.15) is 16.1 Å². The van der Waals surface area contributed by atoms with Gasteiger partial charge >= 0.3 is 5.97 Å². The van der Waals surface area contributed by atoms with Crippen LogP contribution in [0.4, 0.5) is 0 Å². The topological polar surface area (TPSA) is 83.3 Å². The highest BCUT2D eigenvalue weighted by Gasteiger charge is 2.17. The largest absolute Gasteiger partial charge is 0.478 e. The highest BCUT2D eigenvalue weighted by molar-refractivity contribution is 6.03. The molecule has 0 spiro atoms. The summed E-state index contributed by atoms with van der Waals surface area (Å²) in [5, 5.41) is 9.20. The Morgan fingerprint density at radius 1 is 1.57 bits per heavy atom. The fourth-order valence-electron chi connectivity index (χ4n) is 1.41. The predicted molar refractivity (Wildman–Crippen MR) is 48.5 cm³/mol. The zero-order valence-corrected chi connectivity index (χ0v) is 7.33. The smallest absolute Gasteiger partial charge is 0.339 e. The van der Waals surface area contributed by atoms with E-state index in [-0.39, 0.29) is 11.1 Å². The number of hydrogen-bond donors (Lipinski definition) is 2. The number of H-pyrrole nitrogens is 1. The van der Waals surface area contributed by atoms with Gasteiger partial charge in [0.2, 0.25) is 5.56 Å². The van der Waals surface area contributed by atoms with Crippen LogP contribution in [0, 0.1) is 6.92 Å². The monoisotopic (exact) mass is 193 g/mol. The minimum absolute atomic E-state index is 0.0473. The Morgan fingerprint density at radius 2 is 2.29 bits per heavy atom. The number of hydrogen-bond acceptors (Lipinski definition) is 3. The summed E-state index contributed by atoms with van der Waals surface area (Å²) in [4.78, 5) is 24.2. The quantitative estimate of drug-likeness (QED) is 0.711. The van der Waals surface area contributed by atoms with E-state index in [1.807, 2.05) is 0 Å². The van der Waals surface area contributed by atoms with Crippen LogP contribution in [0.25, 0.3) is 11.0 Å². The third-order valence-corrected chi connectivity index (χ3v) is 1.98. The van der Waals surface area contributed by atoms with E-state index in [0.29, 0.717) is 16.7 Å². The number of furan rings is 1. The highest BCUT2D eigenvalue weighted by atomic mass is 16.4. The fourth-order valence-corrected chi connectivity index (χ4v) is 1.41. The molecule has 0 aromatic carbocycles. The Morgan fingerprint density at radius 3 is 2.93 bits per heavy atom. The molecule has 2 rings (SSSR count). The molecular formula is C9H7NO4. The zero-order chi connectivity index (χ0) is 10.3. The second-order valence-electron chi connectivity index (χ2n) is 2.91. The van der Waals surface area contributed by atoms with Gasteiger partial charge in [-0.15, -0.1) is 0 Å². The van der Waals surface area contributed by atoms with Crippen LogP contribution in [0.5, 0.6) is 0 Å². The van der Waals surface area contributed by atoms with Gasteiger partial charge in [-0.3, -0.25) is 4.79 Å². The van der Waals surface area contributed by atoms with Crippen LogP contribution in [0.3, 0.4) is 0 Å². The van der Waals surface area contributed by atoms with E-state index < -0.39 is 5.97 Å². The number of aromatic amines is 1. The molecule has 0 bridgehead atoms. The van der Waals surface area contributed by atoms with Crippen molar-refractivity contribution in [3.63, 3.8) is 0 Å². The first-order valence-electron chi connectivity index (χ1n) is 3.94. The lowest BCUT2D eigenvalue weighted by atomic mass is 10.2. The Balaban J connectivity index is 2.93. The highest BCUT2D eigenvalue weighted by Crippen LogP contribution is 2.23. The van der Waals surface area contributed by atoms with Crippen molar-refractivity contribution >= 4 is 16.9 Å². The Labute approximate surface area is 78.0 Å². The molecule has 2 N–H and O–H groups in total. The van der Waals surface area contributed by atoms with Crippen molar-refractivity contribution < 1.29 is 14.3 Å². The molecule has 0 aliphatic carbocycles. The average Bonchev–Trinajstić information content (AvgIpc) is 2.40. The molecule has 0 unspecified atom stereocenters. The van der Waals surface area contributed by atoms with Gasteiger partial charge in [-0.2, -0.15) is 0 Å². The SMILES string of the molecule is Cc1oc2c[nH]c(=O)cc2c1C(=O)O. The molecule has 0 aliphatic heterocycles. The van der Waals surface area contributed by atoms with Crippen molar-refractivity contribution in [1.82, 2.24) is 4.98 Å². The van der Waals surface area contributed by atoms with E-state index in [0.717, 1.165) is 0 Å². The van der Waals surface area contributed by atoms with Gasteiger partial charge in [-0.1, -0.05) is 0 Å². The molecule has 14 heavy (non-hydrogen) atoms. The van der Waals surface area contributed by atoms with Crippen LogP contribution < -0.4 is 5.56 Å². The van der Waals surface area contributed by atoms with Crippen LogP contribution >= 0.6 is 0 Å². The van der Waals surface area contributed by atoms with Crippen molar-refractivity contribution in [3.05, 3.63) is 33.9 Å². The number of fused-ring (bicyclic) bond motifs is 1. The van der Waals surface area contributed by atoms with E-state index in [1.54, 1.807) is 6.92 Å². The van der Waals surface area contributed by atoms with Crippen molar-refractivity contribution in [2.24, 2.45) is 0 Å². The predicted octanol–water partition coefficient (Wildman–Crippen LogP) is 1.13. The number of aromatic carboxylic acids is 1. The average molecular weight is 193 g/mol. The summed E-state index contributed by atoms with van der Waals surface area (Å²) < 4.78 is 5.16. The number of aromatic nitrogens is 1. The van der Waals surface area contributed by atoms with Crippen molar-refractivity contribution in [2.45, 2.75) is 6.92 Å². The Hall–Kier alpha value is -2.04. The van der Waals surface area contributed by atoms with Gasteiger partial charge in [0.25, 0.3) is 0 Å². The van der Waals surface area contributed by atoms with Crippen LogP contribution in [0.2, 0.25) is 0 Å². The molecule has 0 fully saturated rings. The zero-order valence-electron chi connectivity index (χ0n) is 7.33. The molecule has 72 valence electrons. The molecular weight excluding hydrogens is 186 g/mol. The summed E-state index contributed by atoms with van der Waals surface area (Å²) in [6.07, 6.45) is 1.36. The molecule has 5 nitrogen and oxygen atoms in total. The molecule has 0 amide bonds. The lowest BCUT2D eigenvalue weighted by Gasteiger charge is -1.89. The summed E-state index contributed by atoms with van der Waals surface area (Å²) in [5.74, 6) is -0.793. The van der Waals surface area contributed by atoms with E-state index in [2.05, 4.69) is 4.98 Å². The third kappa shape index (κ3) is 1.10. The standard InChI is InChI=1S/C9H7NO4/c1-4-8(9(12)13)5-2-7(11)10-3-6(5)14-4/h2-3H,1H3,(H,10,11)(H,12,13). The summed E-state index contributed by atoms with van der Waals surface area (Å²) >= 11 is 0.